The highest BCUT2D eigenvalue weighted by atomic mass is 127. The van der Waals surface area contributed by atoms with Gasteiger partial charge in [-0.05, 0) is 44.7 Å². The maximum absolute atomic E-state index is 5.47. The van der Waals surface area contributed by atoms with Gasteiger partial charge in [-0.25, -0.2) is 0 Å². The van der Waals surface area contributed by atoms with Gasteiger partial charge < -0.3 is 20.1 Å². The molecule has 2 rings (SSSR count). The number of hydrogen-bond acceptors (Lipinski definition) is 4. The Bertz CT molecular complexity index is 538. The fourth-order valence-electron chi connectivity index (χ4n) is 3.62. The molecule has 2 N–H and O–H groups in total. The number of aromatic nitrogens is 1. The summed E-state index contributed by atoms with van der Waals surface area (Å²) in [5.74, 6) is 2.76. The van der Waals surface area contributed by atoms with Gasteiger partial charge in [0.1, 0.15) is 0 Å². The zero-order valence-electron chi connectivity index (χ0n) is 17.5. The van der Waals surface area contributed by atoms with Gasteiger partial charge in [-0.2, -0.15) is 0 Å². The van der Waals surface area contributed by atoms with Crippen LogP contribution in [0.5, 0.6) is 0 Å². The third-order valence-corrected chi connectivity index (χ3v) is 5.27. The molecule has 1 saturated heterocycles. The van der Waals surface area contributed by atoms with Crippen LogP contribution >= 0.6 is 24.0 Å². The molecule has 2 heterocycles. The molecule has 27 heavy (non-hydrogen) atoms. The number of nitrogens with zero attached hydrogens (tertiary/aromatic N) is 3. The molecule has 6 nitrogen and oxygen atoms in total. The third kappa shape index (κ3) is 8.37. The van der Waals surface area contributed by atoms with Crippen molar-refractivity contribution in [3.05, 3.63) is 17.5 Å². The highest BCUT2D eigenvalue weighted by Crippen LogP contribution is 2.22. The Balaban J connectivity index is 0.00000364. The van der Waals surface area contributed by atoms with Gasteiger partial charge in [0, 0.05) is 32.1 Å². The summed E-state index contributed by atoms with van der Waals surface area (Å²) in [5, 5.41) is 11.0. The first-order valence-electron chi connectivity index (χ1n) is 10.3. The van der Waals surface area contributed by atoms with E-state index in [0.29, 0.717) is 18.4 Å². The fraction of sp³-hybridized carbons (Fsp3) is 0.800. The molecule has 1 unspecified atom stereocenters. The van der Waals surface area contributed by atoms with Crippen LogP contribution in [0.2, 0.25) is 0 Å². The van der Waals surface area contributed by atoms with Crippen molar-refractivity contribution in [2.24, 2.45) is 10.9 Å². The van der Waals surface area contributed by atoms with Crippen LogP contribution in [0.1, 0.15) is 70.2 Å². The van der Waals surface area contributed by atoms with E-state index in [0.717, 1.165) is 43.3 Å². The smallest absolute Gasteiger partial charge is 0.191 e. The highest BCUT2D eigenvalue weighted by molar-refractivity contribution is 14.0. The largest absolute Gasteiger partial charge is 0.359 e. The van der Waals surface area contributed by atoms with Crippen LogP contribution in [0, 0.1) is 5.92 Å². The van der Waals surface area contributed by atoms with E-state index in [4.69, 9.17) is 4.52 Å². The van der Waals surface area contributed by atoms with Crippen LogP contribution < -0.4 is 10.6 Å². The average molecular weight is 491 g/mol. The van der Waals surface area contributed by atoms with Crippen molar-refractivity contribution >= 4 is 29.9 Å². The van der Waals surface area contributed by atoms with Crippen molar-refractivity contribution in [1.82, 2.24) is 20.7 Å². The van der Waals surface area contributed by atoms with Gasteiger partial charge >= 0.3 is 0 Å². The zero-order chi connectivity index (χ0) is 18.8. The van der Waals surface area contributed by atoms with E-state index >= 15 is 0 Å². The lowest BCUT2D eigenvalue weighted by Crippen LogP contribution is -2.42. The SMILES string of the molecule is CCC(CC)c1cc(CNC(=NC)NCC(C)CN2CCCCC2)on1.I. The molecule has 0 spiro atoms. The number of hydrogen-bond donors (Lipinski definition) is 2. The van der Waals surface area contributed by atoms with Crippen molar-refractivity contribution in [2.75, 3.05) is 33.2 Å². The van der Waals surface area contributed by atoms with Gasteiger partial charge in [0.2, 0.25) is 0 Å². The van der Waals surface area contributed by atoms with Gasteiger partial charge in [0.25, 0.3) is 0 Å². The van der Waals surface area contributed by atoms with E-state index in [-0.39, 0.29) is 24.0 Å². The Kier molecular flexibility index (Phi) is 12.0. The molecule has 0 saturated carbocycles. The molecule has 1 atom stereocenters. The molecule has 0 aromatic carbocycles. The van der Waals surface area contributed by atoms with Gasteiger partial charge in [-0.3, -0.25) is 4.99 Å². The minimum atomic E-state index is 0. The summed E-state index contributed by atoms with van der Waals surface area (Å²) in [6.45, 7) is 11.9. The average Bonchev–Trinajstić information content (AvgIpc) is 3.12. The summed E-state index contributed by atoms with van der Waals surface area (Å²) in [6, 6.07) is 2.07. The Hall–Kier alpha value is -0.830. The maximum Gasteiger partial charge on any atom is 0.191 e. The lowest BCUT2D eigenvalue weighted by atomic mass is 9.99. The predicted octanol–water partition coefficient (Wildman–Crippen LogP) is 3.98. The van der Waals surface area contributed by atoms with E-state index < -0.39 is 0 Å². The molecule has 0 amide bonds. The second-order valence-corrected chi connectivity index (χ2v) is 7.50. The van der Waals surface area contributed by atoms with Crippen LogP contribution in [0.4, 0.5) is 0 Å². The van der Waals surface area contributed by atoms with E-state index in [2.05, 4.69) is 52.5 Å². The maximum atomic E-state index is 5.47. The molecule has 0 radical (unpaired) electrons. The Morgan fingerprint density at radius 2 is 1.93 bits per heavy atom. The molecule has 1 aromatic heterocycles. The molecular formula is C20H38IN5O. The molecule has 0 bridgehead atoms. The standard InChI is InChI=1S/C20H37N5O.HI/c1-5-17(6-2)19-12-18(26-24-19)14-23-20(21-4)22-13-16(3)15-25-10-8-7-9-11-25;/h12,16-17H,5-11,13-15H2,1-4H3,(H2,21,22,23);1H. The summed E-state index contributed by atoms with van der Waals surface area (Å²) in [5.41, 5.74) is 1.06. The number of guanidine groups is 1. The van der Waals surface area contributed by atoms with Crippen LogP contribution in [-0.4, -0.2) is 49.2 Å². The predicted molar refractivity (Wildman–Crippen MR) is 123 cm³/mol. The number of rotatable bonds is 9. The molecule has 0 aliphatic carbocycles. The van der Waals surface area contributed by atoms with Gasteiger partial charge in [0.05, 0.1) is 12.2 Å². The van der Waals surface area contributed by atoms with Crippen molar-refractivity contribution in [1.29, 1.82) is 0 Å². The number of piperidine rings is 1. The van der Waals surface area contributed by atoms with E-state index in [9.17, 15) is 0 Å². The van der Waals surface area contributed by atoms with E-state index in [1.54, 1.807) is 7.05 Å². The van der Waals surface area contributed by atoms with Crippen molar-refractivity contribution in [3.63, 3.8) is 0 Å². The Labute approximate surface area is 181 Å². The van der Waals surface area contributed by atoms with Crippen molar-refractivity contribution < 1.29 is 4.52 Å². The van der Waals surface area contributed by atoms with Crippen LogP contribution in [0.25, 0.3) is 0 Å². The van der Waals surface area contributed by atoms with Gasteiger partial charge in [-0.15, -0.1) is 24.0 Å². The van der Waals surface area contributed by atoms with Crippen LogP contribution in [0.3, 0.4) is 0 Å². The highest BCUT2D eigenvalue weighted by Gasteiger charge is 2.15. The lowest BCUT2D eigenvalue weighted by Gasteiger charge is -2.29. The fourth-order valence-corrected chi connectivity index (χ4v) is 3.62. The first kappa shape index (κ1) is 24.2. The molecule has 1 aliphatic heterocycles. The lowest BCUT2D eigenvalue weighted by molar-refractivity contribution is 0.201. The normalized spacial score (nSPS) is 16.9. The summed E-state index contributed by atoms with van der Waals surface area (Å²) in [4.78, 5) is 6.90. The second-order valence-electron chi connectivity index (χ2n) is 7.50. The van der Waals surface area contributed by atoms with Crippen LogP contribution in [-0.2, 0) is 6.54 Å². The summed E-state index contributed by atoms with van der Waals surface area (Å²) in [7, 11) is 1.81. The van der Waals surface area contributed by atoms with E-state index in [1.165, 1.54) is 32.4 Å². The second kappa shape index (κ2) is 13.4. The molecule has 156 valence electrons. The number of halogens is 1. The Morgan fingerprint density at radius 1 is 1.22 bits per heavy atom. The van der Waals surface area contributed by atoms with E-state index in [1.807, 2.05) is 0 Å². The third-order valence-electron chi connectivity index (χ3n) is 5.27. The van der Waals surface area contributed by atoms with Crippen LogP contribution in [0.15, 0.2) is 15.6 Å². The molecule has 1 fully saturated rings. The molecule has 7 heteroatoms. The summed E-state index contributed by atoms with van der Waals surface area (Å²) in [6.07, 6.45) is 6.27. The quantitative estimate of drug-likeness (QED) is 0.311. The van der Waals surface area contributed by atoms with Crippen molar-refractivity contribution in [3.8, 4) is 0 Å². The summed E-state index contributed by atoms with van der Waals surface area (Å²) >= 11 is 0. The number of aliphatic imine (C=N–C) groups is 1. The Morgan fingerprint density at radius 3 is 2.56 bits per heavy atom. The monoisotopic (exact) mass is 491 g/mol. The first-order chi connectivity index (χ1) is 12.7. The number of nitrogens with one attached hydrogen (secondary N) is 2. The van der Waals surface area contributed by atoms with Gasteiger partial charge in [0.15, 0.2) is 11.7 Å². The van der Waals surface area contributed by atoms with Crippen molar-refractivity contribution in [2.45, 2.75) is 65.3 Å². The number of likely N-dealkylation sites (tertiary alicyclic amines) is 1. The summed E-state index contributed by atoms with van der Waals surface area (Å²) < 4.78 is 5.47. The molecule has 1 aromatic rings. The first-order valence-corrected chi connectivity index (χ1v) is 10.3. The molecule has 1 aliphatic rings. The minimum absolute atomic E-state index is 0. The zero-order valence-corrected chi connectivity index (χ0v) is 19.8. The van der Waals surface area contributed by atoms with Gasteiger partial charge in [-0.1, -0.05) is 32.3 Å². The molecular weight excluding hydrogens is 453 g/mol. The minimum Gasteiger partial charge on any atom is -0.359 e. The topological polar surface area (TPSA) is 65.7 Å².